The number of nitrogens with zero attached hydrogens (tertiary/aromatic N) is 1. The molecule has 0 spiro atoms. The molecule has 0 aliphatic carbocycles. The van der Waals surface area contributed by atoms with E-state index in [1.807, 2.05) is 32.0 Å². The predicted molar refractivity (Wildman–Crippen MR) is 84.7 cm³/mol. The number of hydrogen-bond acceptors (Lipinski definition) is 4. The van der Waals surface area contributed by atoms with E-state index >= 15 is 0 Å². The molecule has 0 unspecified atom stereocenters. The summed E-state index contributed by atoms with van der Waals surface area (Å²) in [4.78, 5) is 27.3. The van der Waals surface area contributed by atoms with Crippen LogP contribution in [0, 0.1) is 6.92 Å². The number of carbonyl (C=O) groups excluding carboxylic acids is 2. The van der Waals surface area contributed by atoms with Gasteiger partial charge in [0.15, 0.2) is 0 Å². The van der Waals surface area contributed by atoms with Crippen LogP contribution in [-0.4, -0.2) is 30.0 Å². The maximum Gasteiger partial charge on any atom is 0.314 e. The van der Waals surface area contributed by atoms with Crippen molar-refractivity contribution < 1.29 is 9.59 Å². The van der Waals surface area contributed by atoms with Gasteiger partial charge in [-0.25, -0.2) is 9.78 Å². The first-order valence-corrected chi connectivity index (χ1v) is 7.59. The Morgan fingerprint density at radius 1 is 1.29 bits per heavy atom. The molecule has 7 heteroatoms. The maximum atomic E-state index is 11.8. The minimum Gasteiger partial charge on any atom is -0.338 e. The molecule has 21 heavy (non-hydrogen) atoms. The number of urea groups is 1. The lowest BCUT2D eigenvalue weighted by molar-refractivity contribution is -0.116. The third kappa shape index (κ3) is 4.42. The smallest absolute Gasteiger partial charge is 0.314 e. The van der Waals surface area contributed by atoms with Gasteiger partial charge in [0.1, 0.15) is 0 Å². The van der Waals surface area contributed by atoms with E-state index in [9.17, 15) is 9.59 Å². The second kappa shape index (κ2) is 7.03. The van der Waals surface area contributed by atoms with Gasteiger partial charge in [-0.1, -0.05) is 0 Å². The van der Waals surface area contributed by atoms with Gasteiger partial charge in [0.05, 0.1) is 15.2 Å². The summed E-state index contributed by atoms with van der Waals surface area (Å²) in [6, 6.07) is 5.37. The molecule has 1 heterocycles. The fourth-order valence-corrected chi connectivity index (χ4v) is 2.72. The number of fused-ring (bicyclic) bond motifs is 1. The van der Waals surface area contributed by atoms with Gasteiger partial charge in [0.25, 0.3) is 0 Å². The Morgan fingerprint density at radius 2 is 2.10 bits per heavy atom. The molecular formula is C14H18N4O2S. The molecule has 0 atom stereocenters. The number of carbonyl (C=O) groups is 2. The molecule has 2 aromatic rings. The molecule has 0 saturated carbocycles. The molecule has 3 N–H and O–H groups in total. The average molecular weight is 306 g/mol. The summed E-state index contributed by atoms with van der Waals surface area (Å²) in [5, 5.41) is 9.04. The van der Waals surface area contributed by atoms with Crippen molar-refractivity contribution in [3.8, 4) is 0 Å². The van der Waals surface area contributed by atoms with E-state index < -0.39 is 0 Å². The highest BCUT2D eigenvalue weighted by Crippen LogP contribution is 2.24. The maximum absolute atomic E-state index is 11.8. The molecule has 3 amide bonds. The Balaban J connectivity index is 1.85. The van der Waals surface area contributed by atoms with Crippen LogP contribution in [0.25, 0.3) is 10.2 Å². The summed E-state index contributed by atoms with van der Waals surface area (Å²) < 4.78 is 1.05. The van der Waals surface area contributed by atoms with Gasteiger partial charge in [-0.05, 0) is 32.0 Å². The molecule has 1 aromatic carbocycles. The summed E-state index contributed by atoms with van der Waals surface area (Å²) in [6.45, 7) is 4.66. The molecule has 1 aromatic heterocycles. The summed E-state index contributed by atoms with van der Waals surface area (Å²) in [6.07, 6.45) is 0.233. The van der Waals surface area contributed by atoms with Gasteiger partial charge in [-0.2, -0.15) is 0 Å². The van der Waals surface area contributed by atoms with Gasteiger partial charge in [-0.15, -0.1) is 11.3 Å². The first-order chi connectivity index (χ1) is 10.1. The standard InChI is InChI=1S/C14H18N4O2S/c1-3-15-14(20)16-7-6-13(19)18-10-4-5-11-12(8-10)21-9(2)17-11/h4-5,8H,3,6-7H2,1-2H3,(H,18,19)(H2,15,16,20). The molecule has 0 radical (unpaired) electrons. The van der Waals surface area contributed by atoms with Crippen molar-refractivity contribution in [3.05, 3.63) is 23.2 Å². The number of nitrogens with one attached hydrogen (secondary N) is 3. The van der Waals surface area contributed by atoms with Gasteiger partial charge in [0, 0.05) is 25.2 Å². The Labute approximate surface area is 127 Å². The molecule has 112 valence electrons. The number of aryl methyl sites for hydroxylation is 1. The van der Waals surface area contributed by atoms with Crippen molar-refractivity contribution in [1.29, 1.82) is 0 Å². The molecule has 0 fully saturated rings. The third-order valence-electron chi connectivity index (χ3n) is 2.75. The number of benzene rings is 1. The van der Waals surface area contributed by atoms with E-state index in [1.54, 1.807) is 11.3 Å². The Kier molecular flexibility index (Phi) is 5.10. The highest BCUT2D eigenvalue weighted by Gasteiger charge is 2.06. The molecule has 0 aliphatic rings. The highest BCUT2D eigenvalue weighted by atomic mass is 32.1. The summed E-state index contributed by atoms with van der Waals surface area (Å²) in [5.41, 5.74) is 1.68. The molecular weight excluding hydrogens is 288 g/mol. The van der Waals surface area contributed by atoms with E-state index in [4.69, 9.17) is 0 Å². The molecule has 0 saturated heterocycles. The zero-order valence-electron chi connectivity index (χ0n) is 12.0. The highest BCUT2D eigenvalue weighted by molar-refractivity contribution is 7.18. The van der Waals surface area contributed by atoms with Crippen molar-refractivity contribution in [3.63, 3.8) is 0 Å². The average Bonchev–Trinajstić information content (AvgIpc) is 2.78. The number of thiazole rings is 1. The second-order valence-corrected chi connectivity index (χ2v) is 5.73. The van der Waals surface area contributed by atoms with Gasteiger partial charge < -0.3 is 16.0 Å². The van der Waals surface area contributed by atoms with E-state index in [1.165, 1.54) is 0 Å². The van der Waals surface area contributed by atoms with Gasteiger partial charge >= 0.3 is 6.03 Å². The fourth-order valence-electron chi connectivity index (χ4n) is 1.85. The lowest BCUT2D eigenvalue weighted by atomic mass is 10.3. The van der Waals surface area contributed by atoms with Crippen LogP contribution in [0.3, 0.4) is 0 Å². The number of aromatic nitrogens is 1. The minimum atomic E-state index is -0.258. The molecule has 0 bridgehead atoms. The van der Waals surface area contributed by atoms with Crippen LogP contribution in [0.1, 0.15) is 18.4 Å². The van der Waals surface area contributed by atoms with E-state index in [-0.39, 0.29) is 18.4 Å². The van der Waals surface area contributed by atoms with Crippen LogP contribution in [-0.2, 0) is 4.79 Å². The Bertz CT molecular complexity index is 653. The lowest BCUT2D eigenvalue weighted by Crippen LogP contribution is -2.36. The molecule has 6 nitrogen and oxygen atoms in total. The van der Waals surface area contributed by atoms with Crippen LogP contribution in [0.15, 0.2) is 18.2 Å². The SMILES string of the molecule is CCNC(=O)NCCC(=O)Nc1ccc2nc(C)sc2c1. The summed E-state index contributed by atoms with van der Waals surface area (Å²) in [7, 11) is 0. The Morgan fingerprint density at radius 3 is 2.86 bits per heavy atom. The number of amides is 3. The summed E-state index contributed by atoms with van der Waals surface area (Å²) >= 11 is 1.59. The van der Waals surface area contributed by atoms with Crippen LogP contribution in [0.5, 0.6) is 0 Å². The van der Waals surface area contributed by atoms with Crippen LogP contribution in [0.2, 0.25) is 0 Å². The lowest BCUT2D eigenvalue weighted by Gasteiger charge is -2.07. The molecule has 2 rings (SSSR count). The first kappa shape index (κ1) is 15.2. The second-order valence-electron chi connectivity index (χ2n) is 4.50. The monoisotopic (exact) mass is 306 g/mol. The van der Waals surface area contributed by atoms with Crippen molar-refractivity contribution in [2.24, 2.45) is 0 Å². The number of anilines is 1. The third-order valence-corrected chi connectivity index (χ3v) is 3.69. The van der Waals surface area contributed by atoms with E-state index in [0.29, 0.717) is 13.1 Å². The predicted octanol–water partition coefficient (Wildman–Crippen LogP) is 2.25. The van der Waals surface area contributed by atoms with Crippen molar-refractivity contribution in [2.45, 2.75) is 20.3 Å². The normalized spacial score (nSPS) is 10.4. The fraction of sp³-hybridized carbons (Fsp3) is 0.357. The van der Waals surface area contributed by atoms with Crippen molar-refractivity contribution >= 4 is 39.2 Å². The first-order valence-electron chi connectivity index (χ1n) is 6.77. The van der Waals surface area contributed by atoms with E-state index in [2.05, 4.69) is 20.9 Å². The topological polar surface area (TPSA) is 83.1 Å². The zero-order valence-corrected chi connectivity index (χ0v) is 12.8. The van der Waals surface area contributed by atoms with Gasteiger partial charge in [0.2, 0.25) is 5.91 Å². The van der Waals surface area contributed by atoms with Crippen LogP contribution < -0.4 is 16.0 Å². The van der Waals surface area contributed by atoms with Crippen LogP contribution >= 0.6 is 11.3 Å². The van der Waals surface area contributed by atoms with Crippen molar-refractivity contribution in [1.82, 2.24) is 15.6 Å². The zero-order chi connectivity index (χ0) is 15.2. The largest absolute Gasteiger partial charge is 0.338 e. The molecule has 0 aliphatic heterocycles. The van der Waals surface area contributed by atoms with Crippen LogP contribution in [0.4, 0.5) is 10.5 Å². The van der Waals surface area contributed by atoms with Crippen molar-refractivity contribution in [2.75, 3.05) is 18.4 Å². The number of rotatable bonds is 5. The Hall–Kier alpha value is -2.15. The minimum absolute atomic E-state index is 0.132. The van der Waals surface area contributed by atoms with E-state index in [0.717, 1.165) is 20.9 Å². The number of hydrogen-bond donors (Lipinski definition) is 3. The van der Waals surface area contributed by atoms with Gasteiger partial charge in [-0.3, -0.25) is 4.79 Å². The summed E-state index contributed by atoms with van der Waals surface area (Å²) in [5.74, 6) is -0.132. The quantitative estimate of drug-likeness (QED) is 0.792.